The number of hydrogen-bond donors (Lipinski definition) is 1. The van der Waals surface area contributed by atoms with Gasteiger partial charge in [0, 0.05) is 48.7 Å². The predicted octanol–water partition coefficient (Wildman–Crippen LogP) is 2.90. The number of halogens is 1. The summed E-state index contributed by atoms with van der Waals surface area (Å²) in [6.45, 7) is 1.11. The van der Waals surface area contributed by atoms with Crippen molar-refractivity contribution in [1.82, 2.24) is 15.5 Å². The Hall–Kier alpha value is -3.55. The Kier molecular flexibility index (Phi) is 4.54. The summed E-state index contributed by atoms with van der Waals surface area (Å²) in [5, 5.41) is 6.67. The SMILES string of the molecule is O=C(NCCC1C2CN(c3ccc(F)cc3)C(=O)C12)c1cc(-c2cccnc2)on1. The van der Waals surface area contributed by atoms with Crippen LogP contribution in [0.15, 0.2) is 59.4 Å². The number of anilines is 1. The fourth-order valence-electron chi connectivity index (χ4n) is 4.26. The standard InChI is InChI=1S/C22H19FN4O3/c23-14-3-5-15(6-4-14)27-12-17-16(20(17)22(27)29)7-9-25-21(28)18-10-19(30-26-18)13-2-1-8-24-11-13/h1-6,8,10-11,16-17,20H,7,9,12H2,(H,25,28). The molecule has 3 unspecified atom stereocenters. The molecule has 0 radical (unpaired) electrons. The fourth-order valence-corrected chi connectivity index (χ4v) is 4.26. The van der Waals surface area contributed by atoms with Crippen molar-refractivity contribution in [1.29, 1.82) is 0 Å². The average Bonchev–Trinajstić information content (AvgIpc) is 3.09. The largest absolute Gasteiger partial charge is 0.355 e. The molecule has 3 atom stereocenters. The summed E-state index contributed by atoms with van der Waals surface area (Å²) in [5.41, 5.74) is 1.69. The van der Waals surface area contributed by atoms with Crippen molar-refractivity contribution < 1.29 is 18.5 Å². The summed E-state index contributed by atoms with van der Waals surface area (Å²) < 4.78 is 18.3. The first-order valence-electron chi connectivity index (χ1n) is 9.84. The predicted molar refractivity (Wildman–Crippen MR) is 106 cm³/mol. The Balaban J connectivity index is 1.11. The van der Waals surface area contributed by atoms with E-state index in [1.165, 1.54) is 12.1 Å². The van der Waals surface area contributed by atoms with Gasteiger partial charge in [0.05, 0.1) is 0 Å². The zero-order valence-corrected chi connectivity index (χ0v) is 16.0. The van der Waals surface area contributed by atoms with Gasteiger partial charge in [0.2, 0.25) is 5.91 Å². The van der Waals surface area contributed by atoms with Gasteiger partial charge in [0.1, 0.15) is 5.82 Å². The van der Waals surface area contributed by atoms with Crippen molar-refractivity contribution in [2.75, 3.05) is 18.0 Å². The lowest BCUT2D eigenvalue weighted by atomic mass is 10.1. The number of pyridine rings is 1. The summed E-state index contributed by atoms with van der Waals surface area (Å²) in [7, 11) is 0. The van der Waals surface area contributed by atoms with E-state index in [0.29, 0.717) is 24.8 Å². The Morgan fingerprint density at radius 1 is 1.27 bits per heavy atom. The van der Waals surface area contributed by atoms with Gasteiger partial charge in [-0.15, -0.1) is 0 Å². The zero-order valence-electron chi connectivity index (χ0n) is 16.0. The molecule has 0 spiro atoms. The lowest BCUT2D eigenvalue weighted by Gasteiger charge is -2.20. The molecule has 2 amide bonds. The first kappa shape index (κ1) is 18.5. The van der Waals surface area contributed by atoms with Crippen LogP contribution in [0.25, 0.3) is 11.3 Å². The fraction of sp³-hybridized carbons (Fsp3) is 0.273. The lowest BCUT2D eigenvalue weighted by molar-refractivity contribution is -0.119. The van der Waals surface area contributed by atoms with Crippen LogP contribution in [0.2, 0.25) is 0 Å². The number of carbonyl (C=O) groups is 2. The first-order chi connectivity index (χ1) is 14.6. The van der Waals surface area contributed by atoms with E-state index in [1.54, 1.807) is 41.6 Å². The summed E-state index contributed by atoms with van der Waals surface area (Å²) in [6.07, 6.45) is 4.03. The molecule has 1 saturated heterocycles. The maximum atomic E-state index is 13.1. The van der Waals surface area contributed by atoms with Gasteiger partial charge < -0.3 is 14.7 Å². The van der Waals surface area contributed by atoms with Crippen LogP contribution in [-0.4, -0.2) is 35.0 Å². The van der Waals surface area contributed by atoms with Gasteiger partial charge >= 0.3 is 0 Å². The van der Waals surface area contributed by atoms with Crippen LogP contribution in [-0.2, 0) is 4.79 Å². The lowest BCUT2D eigenvalue weighted by Crippen LogP contribution is -2.31. The number of nitrogens with one attached hydrogen (secondary N) is 1. The average molecular weight is 406 g/mol. The minimum Gasteiger partial charge on any atom is -0.355 e. The second-order valence-electron chi connectivity index (χ2n) is 7.64. The summed E-state index contributed by atoms with van der Waals surface area (Å²) >= 11 is 0. The first-order valence-corrected chi connectivity index (χ1v) is 9.84. The molecule has 1 aliphatic heterocycles. The molecule has 30 heavy (non-hydrogen) atoms. The molecule has 1 saturated carbocycles. The third-order valence-corrected chi connectivity index (χ3v) is 5.87. The van der Waals surface area contributed by atoms with E-state index in [0.717, 1.165) is 17.7 Å². The minimum absolute atomic E-state index is 0.00353. The molecule has 1 aromatic carbocycles. The van der Waals surface area contributed by atoms with Gasteiger partial charge in [-0.25, -0.2) is 4.39 Å². The zero-order chi connectivity index (χ0) is 20.7. The third kappa shape index (κ3) is 3.34. The Morgan fingerprint density at radius 2 is 2.10 bits per heavy atom. The molecule has 152 valence electrons. The van der Waals surface area contributed by atoms with E-state index < -0.39 is 0 Å². The maximum absolute atomic E-state index is 13.1. The Bertz CT molecular complexity index is 1080. The van der Waals surface area contributed by atoms with Crippen LogP contribution in [0.5, 0.6) is 0 Å². The summed E-state index contributed by atoms with van der Waals surface area (Å²) in [4.78, 5) is 30.7. The molecule has 2 aliphatic rings. The monoisotopic (exact) mass is 406 g/mol. The highest BCUT2D eigenvalue weighted by Gasteiger charge is 2.60. The van der Waals surface area contributed by atoms with Gasteiger partial charge in [-0.2, -0.15) is 0 Å². The summed E-state index contributed by atoms with van der Waals surface area (Å²) in [6, 6.07) is 11.2. The normalized spacial score (nSPS) is 22.1. The topological polar surface area (TPSA) is 88.3 Å². The number of carbonyl (C=O) groups excluding carboxylic acids is 2. The molecule has 2 aromatic heterocycles. The molecule has 0 bridgehead atoms. The van der Waals surface area contributed by atoms with E-state index in [4.69, 9.17) is 4.52 Å². The molecule has 1 aliphatic carbocycles. The number of benzene rings is 1. The van der Waals surface area contributed by atoms with Crippen molar-refractivity contribution in [3.8, 4) is 11.3 Å². The smallest absolute Gasteiger partial charge is 0.273 e. The van der Waals surface area contributed by atoms with Crippen LogP contribution in [0.4, 0.5) is 10.1 Å². The van der Waals surface area contributed by atoms with Crippen molar-refractivity contribution in [2.24, 2.45) is 17.8 Å². The number of fused-ring (bicyclic) bond motifs is 1. The summed E-state index contributed by atoms with van der Waals surface area (Å²) in [5.74, 6) is 0.512. The molecule has 1 N–H and O–H groups in total. The number of piperidine rings is 1. The van der Waals surface area contributed by atoms with Gasteiger partial charge in [-0.05, 0) is 54.7 Å². The molecular formula is C22H19FN4O3. The number of aromatic nitrogens is 2. The van der Waals surface area contributed by atoms with Crippen LogP contribution >= 0.6 is 0 Å². The second-order valence-corrected chi connectivity index (χ2v) is 7.64. The number of rotatable bonds is 6. The van der Waals surface area contributed by atoms with Crippen molar-refractivity contribution in [2.45, 2.75) is 6.42 Å². The van der Waals surface area contributed by atoms with Crippen LogP contribution in [0, 0.1) is 23.6 Å². The highest BCUT2D eigenvalue weighted by molar-refractivity contribution is 6.00. The molecule has 8 heteroatoms. The highest BCUT2D eigenvalue weighted by atomic mass is 19.1. The van der Waals surface area contributed by atoms with Gasteiger partial charge in [-0.3, -0.25) is 14.6 Å². The van der Waals surface area contributed by atoms with Crippen molar-refractivity contribution in [3.63, 3.8) is 0 Å². The molecule has 3 aromatic rings. The van der Waals surface area contributed by atoms with Crippen molar-refractivity contribution >= 4 is 17.5 Å². The number of hydrogen-bond acceptors (Lipinski definition) is 5. The van der Waals surface area contributed by atoms with Gasteiger partial charge in [0.15, 0.2) is 11.5 Å². The highest BCUT2D eigenvalue weighted by Crippen LogP contribution is 2.54. The Labute approximate surface area is 171 Å². The molecule has 3 heterocycles. The van der Waals surface area contributed by atoms with Crippen LogP contribution in [0.1, 0.15) is 16.9 Å². The third-order valence-electron chi connectivity index (χ3n) is 5.87. The Morgan fingerprint density at radius 3 is 2.80 bits per heavy atom. The molecule has 5 rings (SSSR count). The quantitative estimate of drug-likeness (QED) is 0.680. The van der Waals surface area contributed by atoms with Crippen LogP contribution < -0.4 is 10.2 Å². The maximum Gasteiger partial charge on any atom is 0.273 e. The molecule has 2 fully saturated rings. The second kappa shape index (κ2) is 7.37. The van der Waals surface area contributed by atoms with Crippen molar-refractivity contribution in [3.05, 3.63) is 66.4 Å². The van der Waals surface area contributed by atoms with E-state index in [-0.39, 0.29) is 35.2 Å². The minimum atomic E-state index is -0.316. The van der Waals surface area contributed by atoms with Gasteiger partial charge in [-0.1, -0.05) is 5.16 Å². The van der Waals surface area contributed by atoms with Gasteiger partial charge in [0.25, 0.3) is 5.91 Å². The number of amides is 2. The van der Waals surface area contributed by atoms with E-state index in [2.05, 4.69) is 15.5 Å². The van der Waals surface area contributed by atoms with Crippen LogP contribution in [0.3, 0.4) is 0 Å². The van der Waals surface area contributed by atoms with E-state index in [1.807, 2.05) is 6.07 Å². The number of nitrogens with zero attached hydrogens (tertiary/aromatic N) is 3. The van der Waals surface area contributed by atoms with E-state index >= 15 is 0 Å². The van der Waals surface area contributed by atoms with E-state index in [9.17, 15) is 14.0 Å². The molecular weight excluding hydrogens is 387 g/mol. The molecule has 7 nitrogen and oxygen atoms in total.